The Hall–Kier alpha value is -1.81. The van der Waals surface area contributed by atoms with E-state index >= 15 is 0 Å². The molecule has 5 heteroatoms. The number of benzene rings is 1. The summed E-state index contributed by atoms with van der Waals surface area (Å²) >= 11 is 6.10. The molecule has 0 aliphatic heterocycles. The van der Waals surface area contributed by atoms with Crippen molar-refractivity contribution in [1.82, 2.24) is 9.97 Å². The number of halogens is 1. The van der Waals surface area contributed by atoms with Crippen molar-refractivity contribution in [3.8, 4) is 5.75 Å². The molecule has 0 fully saturated rings. The molecule has 20 heavy (non-hydrogen) atoms. The van der Waals surface area contributed by atoms with Crippen molar-refractivity contribution in [2.75, 3.05) is 12.4 Å². The van der Waals surface area contributed by atoms with Crippen LogP contribution in [0.3, 0.4) is 0 Å². The first-order chi connectivity index (χ1) is 9.67. The van der Waals surface area contributed by atoms with Gasteiger partial charge in [-0.3, -0.25) is 0 Å². The number of anilines is 1. The summed E-state index contributed by atoms with van der Waals surface area (Å²) in [6, 6.07) is 7.98. The van der Waals surface area contributed by atoms with Gasteiger partial charge >= 0.3 is 0 Å². The molecule has 2 rings (SSSR count). The standard InChI is InChI=1S/C15H18ClN3O/c1-4-11-14(16)17-9-18-15(11)19-10(2)12-7-5-6-8-13(12)20-3/h5-10H,4H2,1-3H3,(H,17,18,19). The van der Waals surface area contributed by atoms with Crippen molar-refractivity contribution < 1.29 is 4.74 Å². The summed E-state index contributed by atoms with van der Waals surface area (Å²) in [5, 5.41) is 3.88. The van der Waals surface area contributed by atoms with E-state index in [0.29, 0.717) is 5.15 Å². The molecule has 1 aromatic carbocycles. The molecular weight excluding hydrogens is 274 g/mol. The van der Waals surface area contributed by atoms with Crippen LogP contribution in [-0.2, 0) is 6.42 Å². The zero-order valence-electron chi connectivity index (χ0n) is 11.9. The second kappa shape index (κ2) is 6.57. The topological polar surface area (TPSA) is 47.0 Å². The van der Waals surface area contributed by atoms with Crippen LogP contribution in [0.15, 0.2) is 30.6 Å². The average molecular weight is 292 g/mol. The Morgan fingerprint density at radius 2 is 2.05 bits per heavy atom. The Balaban J connectivity index is 2.28. The van der Waals surface area contributed by atoms with Crippen molar-refractivity contribution in [3.63, 3.8) is 0 Å². The van der Waals surface area contributed by atoms with Crippen LogP contribution in [0.5, 0.6) is 5.75 Å². The number of rotatable bonds is 5. The minimum atomic E-state index is 0.0578. The quantitative estimate of drug-likeness (QED) is 0.850. The van der Waals surface area contributed by atoms with Gasteiger partial charge in [0.1, 0.15) is 23.0 Å². The molecule has 0 saturated carbocycles. The minimum absolute atomic E-state index is 0.0578. The predicted octanol–water partition coefficient (Wildman–Crippen LogP) is 3.87. The van der Waals surface area contributed by atoms with Crippen LogP contribution in [0.4, 0.5) is 5.82 Å². The van der Waals surface area contributed by atoms with Crippen molar-refractivity contribution in [1.29, 1.82) is 0 Å². The minimum Gasteiger partial charge on any atom is -0.496 e. The highest BCUT2D eigenvalue weighted by atomic mass is 35.5. The number of nitrogens with zero attached hydrogens (tertiary/aromatic N) is 2. The highest BCUT2D eigenvalue weighted by molar-refractivity contribution is 6.30. The number of ether oxygens (including phenoxy) is 1. The molecule has 0 spiro atoms. The van der Waals surface area contributed by atoms with Gasteiger partial charge in [0.15, 0.2) is 0 Å². The summed E-state index contributed by atoms with van der Waals surface area (Å²) in [5.74, 6) is 1.62. The van der Waals surface area contributed by atoms with Crippen LogP contribution in [0, 0.1) is 0 Å². The summed E-state index contributed by atoms with van der Waals surface area (Å²) in [4.78, 5) is 8.30. The summed E-state index contributed by atoms with van der Waals surface area (Å²) in [6.07, 6.45) is 2.25. The number of methoxy groups -OCH3 is 1. The molecule has 0 aliphatic rings. The first kappa shape index (κ1) is 14.6. The smallest absolute Gasteiger partial charge is 0.137 e. The summed E-state index contributed by atoms with van der Waals surface area (Å²) < 4.78 is 5.39. The van der Waals surface area contributed by atoms with Gasteiger partial charge in [-0.2, -0.15) is 0 Å². The maximum Gasteiger partial charge on any atom is 0.137 e. The van der Waals surface area contributed by atoms with Gasteiger partial charge < -0.3 is 10.1 Å². The highest BCUT2D eigenvalue weighted by Crippen LogP contribution is 2.29. The van der Waals surface area contributed by atoms with Crippen LogP contribution in [-0.4, -0.2) is 17.1 Å². The molecule has 1 unspecified atom stereocenters. The fraction of sp³-hybridized carbons (Fsp3) is 0.333. The Bertz CT molecular complexity index is 589. The van der Waals surface area contributed by atoms with Crippen molar-refractivity contribution in [2.24, 2.45) is 0 Å². The molecule has 0 amide bonds. The van der Waals surface area contributed by atoms with E-state index < -0.39 is 0 Å². The number of para-hydroxylation sites is 1. The van der Waals surface area contributed by atoms with Gasteiger partial charge in [0.25, 0.3) is 0 Å². The Labute approximate surface area is 124 Å². The van der Waals surface area contributed by atoms with E-state index in [0.717, 1.165) is 29.1 Å². The molecule has 1 heterocycles. The highest BCUT2D eigenvalue weighted by Gasteiger charge is 2.14. The second-order valence-electron chi connectivity index (χ2n) is 4.45. The Kier molecular flexibility index (Phi) is 4.79. The van der Waals surface area contributed by atoms with Crippen LogP contribution >= 0.6 is 11.6 Å². The van der Waals surface area contributed by atoms with E-state index in [1.165, 1.54) is 6.33 Å². The lowest BCUT2D eigenvalue weighted by Crippen LogP contribution is -2.11. The number of hydrogen-bond acceptors (Lipinski definition) is 4. The molecule has 0 aliphatic carbocycles. The van der Waals surface area contributed by atoms with Crippen LogP contribution in [0.1, 0.15) is 31.0 Å². The molecular formula is C15H18ClN3O. The summed E-state index contributed by atoms with van der Waals surface area (Å²) in [6.45, 7) is 4.09. The fourth-order valence-electron chi connectivity index (χ4n) is 2.14. The van der Waals surface area contributed by atoms with E-state index in [9.17, 15) is 0 Å². The Morgan fingerprint density at radius 3 is 2.75 bits per heavy atom. The first-order valence-corrected chi connectivity index (χ1v) is 6.94. The third-order valence-corrected chi connectivity index (χ3v) is 3.53. The summed E-state index contributed by atoms with van der Waals surface area (Å²) in [7, 11) is 1.67. The number of hydrogen-bond donors (Lipinski definition) is 1. The van der Waals surface area contributed by atoms with Gasteiger partial charge in [0.05, 0.1) is 13.2 Å². The lowest BCUT2D eigenvalue weighted by atomic mass is 10.1. The van der Waals surface area contributed by atoms with E-state index in [1.807, 2.05) is 31.2 Å². The molecule has 1 aromatic heterocycles. The van der Waals surface area contributed by atoms with Gasteiger partial charge in [0, 0.05) is 11.1 Å². The van der Waals surface area contributed by atoms with E-state index in [-0.39, 0.29) is 6.04 Å². The van der Waals surface area contributed by atoms with Crippen LogP contribution in [0.25, 0.3) is 0 Å². The molecule has 0 saturated heterocycles. The van der Waals surface area contributed by atoms with Gasteiger partial charge in [-0.15, -0.1) is 0 Å². The molecule has 106 valence electrons. The SMILES string of the molecule is CCc1c(Cl)ncnc1NC(C)c1ccccc1OC. The maximum atomic E-state index is 6.10. The lowest BCUT2D eigenvalue weighted by molar-refractivity contribution is 0.408. The van der Waals surface area contributed by atoms with Crippen LogP contribution < -0.4 is 10.1 Å². The molecule has 4 nitrogen and oxygen atoms in total. The van der Waals surface area contributed by atoms with Crippen LogP contribution in [0.2, 0.25) is 5.15 Å². The maximum absolute atomic E-state index is 6.10. The average Bonchev–Trinajstić information content (AvgIpc) is 2.47. The first-order valence-electron chi connectivity index (χ1n) is 6.56. The third kappa shape index (κ3) is 3.02. The normalized spacial score (nSPS) is 12.0. The van der Waals surface area contributed by atoms with E-state index in [1.54, 1.807) is 7.11 Å². The third-order valence-electron chi connectivity index (χ3n) is 3.20. The molecule has 1 atom stereocenters. The van der Waals surface area contributed by atoms with Gasteiger partial charge in [-0.25, -0.2) is 9.97 Å². The second-order valence-corrected chi connectivity index (χ2v) is 4.81. The van der Waals surface area contributed by atoms with Crippen molar-refractivity contribution in [2.45, 2.75) is 26.3 Å². The molecule has 2 aromatic rings. The van der Waals surface area contributed by atoms with Gasteiger partial charge in [-0.1, -0.05) is 36.7 Å². The predicted molar refractivity (Wildman–Crippen MR) is 81.5 cm³/mol. The number of aromatic nitrogens is 2. The molecule has 0 bridgehead atoms. The zero-order valence-corrected chi connectivity index (χ0v) is 12.6. The fourth-order valence-corrected chi connectivity index (χ4v) is 2.40. The van der Waals surface area contributed by atoms with E-state index in [2.05, 4.69) is 22.2 Å². The number of nitrogens with one attached hydrogen (secondary N) is 1. The lowest BCUT2D eigenvalue weighted by Gasteiger charge is -2.19. The van der Waals surface area contributed by atoms with E-state index in [4.69, 9.17) is 16.3 Å². The van der Waals surface area contributed by atoms with Gasteiger partial charge in [0.2, 0.25) is 0 Å². The monoisotopic (exact) mass is 291 g/mol. The van der Waals surface area contributed by atoms with Crippen molar-refractivity contribution >= 4 is 17.4 Å². The van der Waals surface area contributed by atoms with Gasteiger partial charge in [-0.05, 0) is 19.4 Å². The molecule has 0 radical (unpaired) electrons. The molecule has 1 N–H and O–H groups in total. The Morgan fingerprint density at radius 1 is 1.30 bits per heavy atom. The largest absolute Gasteiger partial charge is 0.496 e. The summed E-state index contributed by atoms with van der Waals surface area (Å²) in [5.41, 5.74) is 2.00. The van der Waals surface area contributed by atoms with Crippen molar-refractivity contribution in [3.05, 3.63) is 46.9 Å². The zero-order chi connectivity index (χ0) is 14.5.